The molecule has 90 valence electrons. The van der Waals surface area contributed by atoms with Crippen LogP contribution in [0.15, 0.2) is 17.5 Å². The molecule has 2 rings (SSSR count). The van der Waals surface area contributed by atoms with E-state index >= 15 is 0 Å². The van der Waals surface area contributed by atoms with Gasteiger partial charge >= 0.3 is 0 Å². The molecule has 2 aromatic rings. The van der Waals surface area contributed by atoms with Crippen molar-refractivity contribution in [1.29, 1.82) is 0 Å². The van der Waals surface area contributed by atoms with Crippen molar-refractivity contribution in [2.45, 2.75) is 13.5 Å². The Morgan fingerprint density at radius 2 is 2.00 bits per heavy atom. The molecule has 0 spiro atoms. The van der Waals surface area contributed by atoms with Gasteiger partial charge < -0.3 is 10.6 Å². The molecule has 0 radical (unpaired) electrons. The molecular weight excluding hydrogens is 258 g/mol. The predicted molar refractivity (Wildman–Crippen MR) is 70.6 cm³/mol. The molecule has 0 fully saturated rings. The van der Waals surface area contributed by atoms with E-state index in [0.29, 0.717) is 18.4 Å². The van der Waals surface area contributed by atoms with Gasteiger partial charge in [-0.2, -0.15) is 15.0 Å². The third kappa shape index (κ3) is 3.54. The van der Waals surface area contributed by atoms with E-state index in [2.05, 4.69) is 25.6 Å². The molecule has 2 heterocycles. The summed E-state index contributed by atoms with van der Waals surface area (Å²) in [6.07, 6.45) is 0. The van der Waals surface area contributed by atoms with E-state index in [1.807, 2.05) is 24.4 Å². The number of anilines is 2. The summed E-state index contributed by atoms with van der Waals surface area (Å²) in [4.78, 5) is 13.4. The summed E-state index contributed by atoms with van der Waals surface area (Å²) in [7, 11) is 0. The minimum atomic E-state index is 0.185. The zero-order chi connectivity index (χ0) is 12.1. The molecule has 0 aromatic carbocycles. The van der Waals surface area contributed by atoms with Gasteiger partial charge in [0, 0.05) is 11.4 Å². The number of halogens is 1. The highest BCUT2D eigenvalue weighted by Crippen LogP contribution is 2.13. The molecule has 0 saturated heterocycles. The lowest BCUT2D eigenvalue weighted by molar-refractivity contribution is 0.993. The summed E-state index contributed by atoms with van der Waals surface area (Å²) in [6.45, 7) is 3.39. The Hall–Kier alpha value is -1.40. The minimum Gasteiger partial charge on any atom is -0.354 e. The van der Waals surface area contributed by atoms with Crippen LogP contribution in [0.2, 0.25) is 5.28 Å². The van der Waals surface area contributed by atoms with Crippen LogP contribution in [0.1, 0.15) is 11.8 Å². The van der Waals surface area contributed by atoms with E-state index < -0.39 is 0 Å². The molecule has 2 N–H and O–H groups in total. The standard InChI is InChI=1S/C10H12ClN5S/c1-2-12-9-14-8(11)15-10(16-9)13-6-7-4-3-5-17-7/h3-5H,2,6H2,1H3,(H2,12,13,14,15,16). The first-order chi connectivity index (χ1) is 8.28. The summed E-state index contributed by atoms with van der Waals surface area (Å²) in [5, 5.41) is 8.32. The van der Waals surface area contributed by atoms with Gasteiger partial charge in [0.15, 0.2) is 0 Å². The summed E-state index contributed by atoms with van der Waals surface area (Å²) in [6, 6.07) is 4.05. The van der Waals surface area contributed by atoms with Crippen LogP contribution in [0.25, 0.3) is 0 Å². The van der Waals surface area contributed by atoms with Crippen molar-refractivity contribution in [3.8, 4) is 0 Å². The van der Waals surface area contributed by atoms with E-state index in [4.69, 9.17) is 11.6 Å². The third-order valence-electron chi connectivity index (χ3n) is 1.94. The summed E-state index contributed by atoms with van der Waals surface area (Å²) in [5.74, 6) is 0.968. The second-order valence-corrected chi connectivity index (χ2v) is 4.59. The van der Waals surface area contributed by atoms with Crippen molar-refractivity contribution in [2.75, 3.05) is 17.2 Å². The monoisotopic (exact) mass is 269 g/mol. The van der Waals surface area contributed by atoms with Gasteiger partial charge in [0.25, 0.3) is 0 Å². The Morgan fingerprint density at radius 1 is 1.24 bits per heavy atom. The molecule has 0 saturated carbocycles. The van der Waals surface area contributed by atoms with Gasteiger partial charge in [0.05, 0.1) is 6.54 Å². The molecule has 7 heteroatoms. The van der Waals surface area contributed by atoms with Gasteiger partial charge in [-0.1, -0.05) is 6.07 Å². The Labute approximate surface area is 108 Å². The van der Waals surface area contributed by atoms with Gasteiger partial charge in [-0.3, -0.25) is 0 Å². The van der Waals surface area contributed by atoms with Gasteiger partial charge in [-0.05, 0) is 30.0 Å². The summed E-state index contributed by atoms with van der Waals surface area (Å²) in [5.41, 5.74) is 0. The van der Waals surface area contributed by atoms with Crippen molar-refractivity contribution in [3.63, 3.8) is 0 Å². The van der Waals surface area contributed by atoms with Crippen molar-refractivity contribution < 1.29 is 0 Å². The lowest BCUT2D eigenvalue weighted by Crippen LogP contribution is -2.08. The van der Waals surface area contributed by atoms with Crippen molar-refractivity contribution in [2.24, 2.45) is 0 Å². The molecule has 0 unspecified atom stereocenters. The first kappa shape index (κ1) is 12.1. The number of thiophene rings is 1. The van der Waals surface area contributed by atoms with Crippen molar-refractivity contribution in [3.05, 3.63) is 27.7 Å². The van der Waals surface area contributed by atoms with E-state index in [1.165, 1.54) is 4.88 Å². The summed E-state index contributed by atoms with van der Waals surface area (Å²) < 4.78 is 0. The highest BCUT2D eigenvalue weighted by atomic mass is 35.5. The normalized spacial score (nSPS) is 10.2. The topological polar surface area (TPSA) is 62.7 Å². The molecule has 17 heavy (non-hydrogen) atoms. The Kier molecular flexibility index (Phi) is 4.11. The largest absolute Gasteiger partial charge is 0.354 e. The molecule has 0 aliphatic rings. The minimum absolute atomic E-state index is 0.185. The highest BCUT2D eigenvalue weighted by molar-refractivity contribution is 7.09. The van der Waals surface area contributed by atoms with E-state index in [1.54, 1.807) is 11.3 Å². The first-order valence-electron chi connectivity index (χ1n) is 5.19. The smallest absolute Gasteiger partial charge is 0.229 e. The average molecular weight is 270 g/mol. The molecule has 0 bridgehead atoms. The van der Waals surface area contributed by atoms with Crippen LogP contribution >= 0.6 is 22.9 Å². The third-order valence-corrected chi connectivity index (χ3v) is 2.99. The zero-order valence-corrected chi connectivity index (χ0v) is 10.8. The molecular formula is C10H12ClN5S. The molecule has 5 nitrogen and oxygen atoms in total. The molecule has 2 aromatic heterocycles. The average Bonchev–Trinajstić information content (AvgIpc) is 2.79. The first-order valence-corrected chi connectivity index (χ1v) is 6.45. The maximum Gasteiger partial charge on any atom is 0.229 e. The molecule has 0 aliphatic heterocycles. The number of nitrogens with one attached hydrogen (secondary N) is 2. The second kappa shape index (κ2) is 5.79. The SMILES string of the molecule is CCNc1nc(Cl)nc(NCc2cccs2)n1. The lowest BCUT2D eigenvalue weighted by Gasteiger charge is -2.06. The lowest BCUT2D eigenvalue weighted by atomic mass is 10.5. The quantitative estimate of drug-likeness (QED) is 0.874. The molecule has 0 aliphatic carbocycles. The highest BCUT2D eigenvalue weighted by Gasteiger charge is 2.04. The van der Waals surface area contributed by atoms with Crippen LogP contribution in [0.3, 0.4) is 0 Å². The number of nitrogens with zero attached hydrogens (tertiary/aromatic N) is 3. The van der Waals surface area contributed by atoms with Crippen LogP contribution in [0.4, 0.5) is 11.9 Å². The predicted octanol–water partition coefficient (Wildman–Crippen LogP) is 2.63. The Morgan fingerprint density at radius 3 is 2.65 bits per heavy atom. The van der Waals surface area contributed by atoms with Crippen LogP contribution in [-0.2, 0) is 6.54 Å². The Bertz CT molecular complexity index is 474. The van der Waals surface area contributed by atoms with Crippen LogP contribution < -0.4 is 10.6 Å². The number of hydrogen-bond donors (Lipinski definition) is 2. The maximum atomic E-state index is 5.81. The fourth-order valence-electron chi connectivity index (χ4n) is 1.25. The number of hydrogen-bond acceptors (Lipinski definition) is 6. The van der Waals surface area contributed by atoms with Gasteiger partial charge in [-0.25, -0.2) is 0 Å². The fraction of sp³-hybridized carbons (Fsp3) is 0.300. The number of aromatic nitrogens is 3. The van der Waals surface area contributed by atoms with Crippen molar-refractivity contribution >= 4 is 34.8 Å². The van der Waals surface area contributed by atoms with Crippen LogP contribution in [0, 0.1) is 0 Å². The van der Waals surface area contributed by atoms with Gasteiger partial charge in [-0.15, -0.1) is 11.3 Å². The van der Waals surface area contributed by atoms with Crippen LogP contribution in [-0.4, -0.2) is 21.5 Å². The zero-order valence-electron chi connectivity index (χ0n) is 9.27. The molecule has 0 amide bonds. The Balaban J connectivity index is 2.04. The second-order valence-electron chi connectivity index (χ2n) is 3.21. The fourth-order valence-corrected chi connectivity index (χ4v) is 2.05. The van der Waals surface area contributed by atoms with E-state index in [0.717, 1.165) is 6.54 Å². The van der Waals surface area contributed by atoms with Crippen molar-refractivity contribution in [1.82, 2.24) is 15.0 Å². The maximum absolute atomic E-state index is 5.81. The van der Waals surface area contributed by atoms with Crippen LogP contribution in [0.5, 0.6) is 0 Å². The van der Waals surface area contributed by atoms with E-state index in [9.17, 15) is 0 Å². The van der Waals surface area contributed by atoms with Gasteiger partial charge in [0.2, 0.25) is 17.2 Å². The van der Waals surface area contributed by atoms with E-state index in [-0.39, 0.29) is 5.28 Å². The summed E-state index contributed by atoms with van der Waals surface area (Å²) >= 11 is 7.49. The number of rotatable bonds is 5. The van der Waals surface area contributed by atoms with Gasteiger partial charge in [0.1, 0.15) is 0 Å². The molecule has 0 atom stereocenters.